The van der Waals surface area contributed by atoms with Crippen molar-refractivity contribution in [3.63, 3.8) is 0 Å². The van der Waals surface area contributed by atoms with Crippen molar-refractivity contribution >= 4 is 13.8 Å². The topological polar surface area (TPSA) is 107 Å². The molecule has 1 aromatic rings. The van der Waals surface area contributed by atoms with E-state index in [0.717, 1.165) is 24.9 Å². The normalized spacial score (nSPS) is 27.2. The molecule has 0 aromatic carbocycles. The molecule has 0 amide bonds. The highest BCUT2D eigenvalue weighted by Crippen LogP contribution is 2.40. The van der Waals surface area contributed by atoms with Gasteiger partial charge in [0.2, 0.25) is 0 Å². The Morgan fingerprint density at radius 2 is 2.47 bits per heavy atom. The molecule has 5 N–H and O–H groups in total. The van der Waals surface area contributed by atoms with E-state index >= 15 is 0 Å². The van der Waals surface area contributed by atoms with Crippen molar-refractivity contribution in [2.75, 3.05) is 0 Å². The van der Waals surface area contributed by atoms with Crippen LogP contribution in [0.2, 0.25) is 6.32 Å². The fraction of sp³-hybridized carbons (Fsp3) is 0.667. The molecule has 19 heavy (non-hydrogen) atoms. The van der Waals surface area contributed by atoms with Gasteiger partial charge in [0, 0.05) is 17.8 Å². The maximum atomic E-state index is 11.6. The minimum Gasteiger partial charge on any atom is -0.480 e. The van der Waals surface area contributed by atoms with E-state index in [1.54, 1.807) is 6.20 Å². The predicted molar refractivity (Wildman–Crippen MR) is 74.7 cm³/mol. The Bertz CT molecular complexity index is 488. The Morgan fingerprint density at radius 1 is 1.79 bits per heavy atom. The van der Waals surface area contributed by atoms with Gasteiger partial charge in [0.05, 0.1) is 12.6 Å². The predicted octanol–water partition coefficient (Wildman–Crippen LogP) is -0.386. The lowest BCUT2D eigenvalue weighted by molar-refractivity contribution is -0.144. The molecule has 104 valence electrons. The minimum atomic E-state index is -1.24. The number of fused-ring (bicyclic) bond motifs is 1. The van der Waals surface area contributed by atoms with Gasteiger partial charge < -0.3 is 21.1 Å². The van der Waals surface area contributed by atoms with Gasteiger partial charge in [-0.15, -0.1) is 0 Å². The van der Waals surface area contributed by atoms with Gasteiger partial charge in [-0.2, -0.15) is 0 Å². The lowest BCUT2D eigenvalue weighted by Crippen LogP contribution is -2.52. The molecular weight excluding hydrogens is 243 g/mol. The average Bonchev–Trinajstić information content (AvgIpc) is 2.83. The number of carbonyl (C=O) groups is 1. The van der Waals surface area contributed by atoms with Crippen LogP contribution < -0.4 is 11.5 Å². The van der Waals surface area contributed by atoms with Crippen LogP contribution in [0.1, 0.15) is 43.2 Å². The molecule has 1 aromatic heterocycles. The van der Waals surface area contributed by atoms with Gasteiger partial charge in [-0.05, 0) is 13.3 Å². The molecule has 1 aliphatic heterocycles. The van der Waals surface area contributed by atoms with Crippen molar-refractivity contribution in [2.24, 2.45) is 11.5 Å². The molecule has 0 aliphatic carbocycles. The third-order valence-corrected chi connectivity index (χ3v) is 3.97. The Morgan fingerprint density at radius 3 is 3.00 bits per heavy atom. The number of aromatic nitrogens is 2. The molecule has 3 atom stereocenters. The van der Waals surface area contributed by atoms with Crippen LogP contribution in [0.5, 0.6) is 0 Å². The second kappa shape index (κ2) is 4.98. The van der Waals surface area contributed by atoms with E-state index in [2.05, 4.69) is 12.8 Å². The van der Waals surface area contributed by atoms with Crippen LogP contribution in [0, 0.1) is 0 Å². The lowest BCUT2D eigenvalue weighted by Gasteiger charge is -2.26. The number of carboxylic acid groups (broad SMARTS) is 1. The number of nitrogens with two attached hydrogens (primary N) is 2. The largest absolute Gasteiger partial charge is 0.480 e. The van der Waals surface area contributed by atoms with Crippen molar-refractivity contribution in [3.8, 4) is 0 Å². The molecule has 0 radical (unpaired) electrons. The Labute approximate surface area is 113 Å². The molecule has 2 heterocycles. The summed E-state index contributed by atoms with van der Waals surface area (Å²) in [5.41, 5.74) is 11.7. The molecule has 0 spiro atoms. The maximum absolute atomic E-state index is 11.6. The smallest absolute Gasteiger partial charge is 0.326 e. The van der Waals surface area contributed by atoms with Gasteiger partial charge >= 0.3 is 5.97 Å². The zero-order valence-electron chi connectivity index (χ0n) is 11.5. The van der Waals surface area contributed by atoms with Crippen molar-refractivity contribution in [1.29, 1.82) is 0 Å². The summed E-state index contributed by atoms with van der Waals surface area (Å²) < 4.78 is 1.89. The number of rotatable bonds is 5. The minimum absolute atomic E-state index is 0.190. The number of imidazole rings is 1. The molecule has 0 saturated heterocycles. The van der Waals surface area contributed by atoms with E-state index in [1.165, 1.54) is 0 Å². The van der Waals surface area contributed by atoms with Crippen LogP contribution in [-0.4, -0.2) is 34.0 Å². The third-order valence-electron chi connectivity index (χ3n) is 3.97. The van der Waals surface area contributed by atoms with Gasteiger partial charge in [-0.1, -0.05) is 12.7 Å². The molecule has 0 fully saturated rings. The van der Waals surface area contributed by atoms with Gasteiger partial charge in [-0.25, -0.2) is 4.98 Å². The summed E-state index contributed by atoms with van der Waals surface area (Å²) in [5.74, 6) is -0.428. The standard InChI is InChI=1S/C12H21BN4O2/c1-7(14)10-16-5-9-8(3-2-4-13)12(15,11(18)19)6-17(9)10/h5,7-8H,2-4,6,13-15H2,1H3,(H,18,19). The third kappa shape index (κ3) is 2.17. The quantitative estimate of drug-likeness (QED) is 0.628. The van der Waals surface area contributed by atoms with Crippen LogP contribution in [0.25, 0.3) is 0 Å². The number of hydrogen-bond donors (Lipinski definition) is 3. The SMILES string of the molecule is BCCCC1c2cnc(C(C)N)n2CC1(N)C(=O)O. The molecule has 0 saturated carbocycles. The van der Waals surface area contributed by atoms with Crippen molar-refractivity contribution in [2.45, 2.75) is 50.1 Å². The van der Waals surface area contributed by atoms with E-state index in [-0.39, 0.29) is 18.5 Å². The van der Waals surface area contributed by atoms with E-state index in [4.69, 9.17) is 11.5 Å². The molecule has 7 heteroatoms. The molecule has 2 rings (SSSR count). The highest BCUT2D eigenvalue weighted by molar-refractivity contribution is 6.08. The zero-order chi connectivity index (χ0) is 14.2. The lowest BCUT2D eigenvalue weighted by atomic mass is 9.81. The molecular formula is C12H21BN4O2. The van der Waals surface area contributed by atoms with Gasteiger partial charge in [0.15, 0.2) is 0 Å². The maximum Gasteiger partial charge on any atom is 0.326 e. The fourth-order valence-corrected chi connectivity index (χ4v) is 2.88. The van der Waals surface area contributed by atoms with E-state index in [0.29, 0.717) is 5.82 Å². The van der Waals surface area contributed by atoms with Gasteiger partial charge in [-0.3, -0.25) is 4.79 Å². The first-order valence-electron chi connectivity index (χ1n) is 6.75. The Kier molecular flexibility index (Phi) is 3.69. The first kappa shape index (κ1) is 14.1. The molecule has 3 unspecified atom stereocenters. The summed E-state index contributed by atoms with van der Waals surface area (Å²) in [7, 11) is 2.08. The summed E-state index contributed by atoms with van der Waals surface area (Å²) in [4.78, 5) is 15.9. The van der Waals surface area contributed by atoms with E-state index < -0.39 is 11.5 Å². The molecule has 6 nitrogen and oxygen atoms in total. The highest BCUT2D eigenvalue weighted by atomic mass is 16.4. The fourth-order valence-electron chi connectivity index (χ4n) is 2.88. The van der Waals surface area contributed by atoms with Crippen LogP contribution in [0.4, 0.5) is 0 Å². The summed E-state index contributed by atoms with van der Waals surface area (Å²) in [6.45, 7) is 2.09. The highest BCUT2D eigenvalue weighted by Gasteiger charge is 2.50. The second-order valence-electron chi connectivity index (χ2n) is 5.46. The Balaban J connectivity index is 2.40. The van der Waals surface area contributed by atoms with Gasteiger partial charge in [0.25, 0.3) is 0 Å². The van der Waals surface area contributed by atoms with Crippen molar-refractivity contribution < 1.29 is 9.90 Å². The van der Waals surface area contributed by atoms with E-state index in [1.807, 2.05) is 11.5 Å². The van der Waals surface area contributed by atoms with Crippen LogP contribution in [0.3, 0.4) is 0 Å². The number of hydrogen-bond acceptors (Lipinski definition) is 4. The van der Waals surface area contributed by atoms with Crippen LogP contribution in [-0.2, 0) is 11.3 Å². The second-order valence-corrected chi connectivity index (χ2v) is 5.46. The number of nitrogens with zero attached hydrogens (tertiary/aromatic N) is 2. The monoisotopic (exact) mass is 264 g/mol. The summed E-state index contributed by atoms with van der Waals surface area (Å²) in [6.07, 6.45) is 4.47. The summed E-state index contributed by atoms with van der Waals surface area (Å²) >= 11 is 0. The molecule has 0 bridgehead atoms. The average molecular weight is 264 g/mol. The Hall–Kier alpha value is -1.34. The van der Waals surface area contributed by atoms with Crippen molar-refractivity contribution in [3.05, 3.63) is 17.7 Å². The van der Waals surface area contributed by atoms with E-state index in [9.17, 15) is 9.90 Å². The van der Waals surface area contributed by atoms with Crippen LogP contribution >= 0.6 is 0 Å². The first-order valence-corrected chi connectivity index (χ1v) is 6.75. The molecule has 1 aliphatic rings. The summed E-state index contributed by atoms with van der Waals surface area (Å²) in [6, 6.07) is -0.225. The number of aliphatic carboxylic acids is 1. The summed E-state index contributed by atoms with van der Waals surface area (Å²) in [5, 5.41) is 9.47. The van der Waals surface area contributed by atoms with Gasteiger partial charge in [0.1, 0.15) is 19.2 Å². The zero-order valence-corrected chi connectivity index (χ0v) is 11.5. The van der Waals surface area contributed by atoms with Crippen LogP contribution in [0.15, 0.2) is 6.20 Å². The first-order chi connectivity index (χ1) is 8.91. The number of carboxylic acids is 1. The van der Waals surface area contributed by atoms with Crippen molar-refractivity contribution in [1.82, 2.24) is 9.55 Å².